The van der Waals surface area contributed by atoms with Crippen LogP contribution in [0.4, 0.5) is 0 Å². The van der Waals surface area contributed by atoms with Crippen molar-refractivity contribution >= 4 is 31.0 Å². The molecule has 0 saturated heterocycles. The molecule has 18 heavy (non-hydrogen) atoms. The quantitative estimate of drug-likeness (QED) is 0.430. The van der Waals surface area contributed by atoms with Gasteiger partial charge in [0.1, 0.15) is 0 Å². The summed E-state index contributed by atoms with van der Waals surface area (Å²) in [6.07, 6.45) is 16.3. The van der Waals surface area contributed by atoms with Gasteiger partial charge in [-0.3, -0.25) is 12.2 Å². The van der Waals surface area contributed by atoms with E-state index in [1.54, 1.807) is 0 Å². The minimum Gasteiger partial charge on any atom is -0.273 e. The first-order valence-electron chi connectivity index (χ1n) is 5.50. The van der Waals surface area contributed by atoms with E-state index < -0.39 is 0 Å². The zero-order valence-corrected chi connectivity index (χ0v) is 15.7. The van der Waals surface area contributed by atoms with E-state index >= 15 is 0 Å². The van der Waals surface area contributed by atoms with Crippen molar-refractivity contribution in [2.75, 3.05) is 0 Å². The molecule has 0 fully saturated rings. The van der Waals surface area contributed by atoms with Gasteiger partial charge in [0.05, 0.1) is 0 Å². The van der Waals surface area contributed by atoms with Crippen molar-refractivity contribution in [1.82, 2.24) is 0 Å². The van der Waals surface area contributed by atoms with Crippen molar-refractivity contribution in [2.24, 2.45) is 0 Å². The van der Waals surface area contributed by atoms with Gasteiger partial charge in [-0.15, -0.1) is 44.6 Å². The van der Waals surface area contributed by atoms with Crippen LogP contribution in [0.5, 0.6) is 0 Å². The van der Waals surface area contributed by atoms with Crippen LogP contribution in [0.1, 0.15) is 26.7 Å². The van der Waals surface area contributed by atoms with E-state index in [0.717, 1.165) is 12.8 Å². The van der Waals surface area contributed by atoms with Crippen molar-refractivity contribution in [3.05, 3.63) is 47.6 Å². The Morgan fingerprint density at radius 1 is 1.17 bits per heavy atom. The molecule has 0 saturated carbocycles. The van der Waals surface area contributed by atoms with E-state index in [4.69, 9.17) is 0 Å². The molecular weight excluding hydrogens is 315 g/mol. The van der Waals surface area contributed by atoms with Crippen LogP contribution < -0.4 is 0 Å². The molecule has 0 aromatic rings. The first-order valence-corrected chi connectivity index (χ1v) is 10.3. The molecular formula is C14H22Cl2SiTi. The topological polar surface area (TPSA) is 0 Å². The predicted octanol–water partition coefficient (Wildman–Crippen LogP) is 5.02. The maximum Gasteiger partial charge on any atom is -0.109 e. The average molecular weight is 337 g/mol. The van der Waals surface area contributed by atoms with Gasteiger partial charge < -0.3 is 0 Å². The number of hydrogen-bond donors (Lipinski definition) is 0. The number of halogens is 2. The van der Waals surface area contributed by atoms with Gasteiger partial charge in [0.25, 0.3) is 0 Å². The van der Waals surface area contributed by atoms with Crippen molar-refractivity contribution in [1.29, 1.82) is 0 Å². The van der Waals surface area contributed by atoms with Crippen LogP contribution in [-0.4, -0.2) is 6.19 Å². The van der Waals surface area contributed by atoms with E-state index in [2.05, 4.69) is 70.4 Å². The molecule has 0 nitrogen and oxygen atoms in total. The van der Waals surface area contributed by atoms with Crippen LogP contribution in [0.15, 0.2) is 35.5 Å². The Morgan fingerprint density at radius 3 is 1.83 bits per heavy atom. The molecule has 0 aromatic heterocycles. The van der Waals surface area contributed by atoms with E-state index in [-0.39, 0.29) is 31.0 Å². The predicted molar refractivity (Wildman–Crippen MR) is 84.4 cm³/mol. The summed E-state index contributed by atoms with van der Waals surface area (Å²) in [5, 5.41) is 0. The summed E-state index contributed by atoms with van der Waals surface area (Å²) in [5.41, 5.74) is 2.85. The van der Waals surface area contributed by atoms with Crippen LogP contribution in [0.3, 0.4) is 0 Å². The molecule has 0 radical (unpaired) electrons. The standard InChI is InChI=1S/C7H9.C5H5.C2H6Si.2ClH.Ti/c1-6-4-3-5-7(6)2;1-2-4-5-3-1;1-3-2;;;/h4H,5H2,1-2H3;1-3H,4H2;1-2H3;2*1H;/q2*-1;;;;+2. The fourth-order valence-corrected chi connectivity index (χ4v) is 0.960. The summed E-state index contributed by atoms with van der Waals surface area (Å²) in [6.45, 7) is 8.80. The number of rotatable bonds is 0. The van der Waals surface area contributed by atoms with E-state index in [1.165, 1.54) is 11.1 Å². The Kier molecular flexibility index (Phi) is 20.3. The molecule has 4 heteroatoms. The minimum atomic E-state index is 0. The zero-order valence-electron chi connectivity index (χ0n) is 11.5. The van der Waals surface area contributed by atoms with Crippen LogP contribution >= 0.6 is 24.8 Å². The van der Waals surface area contributed by atoms with E-state index in [0.29, 0.717) is 0 Å². The summed E-state index contributed by atoms with van der Waals surface area (Å²) in [5.74, 6) is 0. The Labute approximate surface area is 137 Å². The third-order valence-electron chi connectivity index (χ3n) is 1.94. The summed E-state index contributed by atoms with van der Waals surface area (Å²) in [7, 11) is 0. The molecule has 100 valence electrons. The van der Waals surface area contributed by atoms with Gasteiger partial charge in [-0.1, -0.05) is 6.92 Å². The van der Waals surface area contributed by atoms with Crippen LogP contribution in [0, 0.1) is 12.2 Å². The summed E-state index contributed by atoms with van der Waals surface area (Å²) < 4.78 is 0. The van der Waals surface area contributed by atoms with Crippen molar-refractivity contribution < 1.29 is 19.2 Å². The van der Waals surface area contributed by atoms with Gasteiger partial charge in [0, 0.05) is 0 Å². The summed E-state index contributed by atoms with van der Waals surface area (Å²) in [4.78, 5) is 0. The molecule has 0 unspecified atom stereocenters. The SMILES string of the molecule is CC1=C(C)C[C-]=C1.C[Si](C)=[Ti+2].Cl.Cl.[C-]1=CC=CC1. The molecule has 0 heterocycles. The second-order valence-electron chi connectivity index (χ2n) is 3.99. The van der Waals surface area contributed by atoms with Gasteiger partial charge in [-0.2, -0.15) is 11.6 Å². The molecule has 2 rings (SSSR count). The zero-order chi connectivity index (χ0) is 12.4. The molecule has 2 aliphatic rings. The molecule has 0 bridgehead atoms. The minimum absolute atomic E-state index is 0. The fourth-order valence-electron chi connectivity index (χ4n) is 0.960. The van der Waals surface area contributed by atoms with E-state index in [9.17, 15) is 0 Å². The van der Waals surface area contributed by atoms with Gasteiger partial charge >= 0.3 is 38.5 Å². The first kappa shape index (κ1) is 23.6. The van der Waals surface area contributed by atoms with E-state index in [1.807, 2.05) is 12.2 Å². The summed E-state index contributed by atoms with van der Waals surface area (Å²) in [6, 6.07) is 0. The molecule has 0 spiro atoms. The Hall–Kier alpha value is 0.471. The van der Waals surface area contributed by atoms with Crippen LogP contribution in [0.2, 0.25) is 13.1 Å². The monoisotopic (exact) mass is 336 g/mol. The Bertz CT molecular complexity index is 328. The molecule has 0 amide bonds. The largest absolute Gasteiger partial charge is 0.273 e. The number of hydrogen-bond acceptors (Lipinski definition) is 0. The van der Waals surface area contributed by atoms with Gasteiger partial charge in [0.15, 0.2) is 0 Å². The van der Waals surface area contributed by atoms with Gasteiger partial charge in [-0.25, -0.2) is 23.8 Å². The average Bonchev–Trinajstić information content (AvgIpc) is 2.81. The molecule has 0 aromatic carbocycles. The summed E-state index contributed by atoms with van der Waals surface area (Å²) >= 11 is 2.27. The third kappa shape index (κ3) is 16.5. The van der Waals surface area contributed by atoms with Crippen molar-refractivity contribution in [3.63, 3.8) is 0 Å². The molecule has 0 N–H and O–H groups in total. The molecule has 0 aliphatic heterocycles. The second-order valence-corrected chi connectivity index (χ2v) is 10.7. The van der Waals surface area contributed by atoms with Gasteiger partial charge in [-0.05, 0) is 0 Å². The second kappa shape index (κ2) is 15.5. The smallest absolute Gasteiger partial charge is 0.109 e. The maximum atomic E-state index is 3.12. The molecule has 0 atom stereocenters. The van der Waals surface area contributed by atoms with Crippen LogP contribution in [-0.2, 0) is 19.2 Å². The maximum absolute atomic E-state index is 3.12. The fraction of sp³-hybridized carbons (Fsp3) is 0.429. The van der Waals surface area contributed by atoms with Crippen molar-refractivity contribution in [2.45, 2.75) is 39.8 Å². The van der Waals surface area contributed by atoms with Crippen molar-refractivity contribution in [3.8, 4) is 0 Å². The molecule has 2 aliphatic carbocycles. The van der Waals surface area contributed by atoms with Crippen LogP contribution in [0.25, 0.3) is 0 Å². The Morgan fingerprint density at radius 2 is 1.72 bits per heavy atom. The number of allylic oxidation sites excluding steroid dienone is 8. The normalized spacial score (nSPS) is 13.9. The third-order valence-corrected chi connectivity index (χ3v) is 1.94. The van der Waals surface area contributed by atoms with Gasteiger partial charge in [0.2, 0.25) is 0 Å². The first-order chi connectivity index (χ1) is 7.54. The Balaban J connectivity index is -0.000000185.